The van der Waals surface area contributed by atoms with Crippen LogP contribution >= 0.6 is 23.2 Å². The molecular weight excluding hydrogens is 371 g/mol. The maximum atomic E-state index is 12.4. The van der Waals surface area contributed by atoms with E-state index >= 15 is 0 Å². The van der Waals surface area contributed by atoms with Gasteiger partial charge >= 0.3 is 0 Å². The lowest BCUT2D eigenvalue weighted by molar-refractivity contribution is 0.102. The van der Waals surface area contributed by atoms with Gasteiger partial charge in [0.25, 0.3) is 5.91 Å². The Morgan fingerprint density at radius 1 is 1.12 bits per heavy atom. The summed E-state index contributed by atoms with van der Waals surface area (Å²) < 4.78 is 0. The fourth-order valence-electron chi connectivity index (χ4n) is 2.34. The topological polar surface area (TPSA) is 66.9 Å². The van der Waals surface area contributed by atoms with Gasteiger partial charge < -0.3 is 10.6 Å². The molecule has 0 fully saturated rings. The number of carbonyl (C=O) groups excluding carboxylic acids is 1. The van der Waals surface area contributed by atoms with Gasteiger partial charge in [-0.2, -0.15) is 0 Å². The normalized spacial score (nSPS) is 10.4. The third-order valence-corrected chi connectivity index (χ3v) is 4.32. The van der Waals surface area contributed by atoms with Crippen molar-refractivity contribution >= 4 is 40.7 Å². The number of nitrogens with one attached hydrogen (secondary N) is 2. The molecule has 7 heteroatoms. The predicted molar refractivity (Wildman–Crippen MR) is 105 cm³/mol. The molecule has 0 unspecified atom stereocenters. The Kier molecular flexibility index (Phi) is 5.71. The third-order valence-electron chi connectivity index (χ3n) is 3.72. The molecule has 3 aromatic rings. The Hall–Kier alpha value is -2.63. The highest BCUT2D eigenvalue weighted by Crippen LogP contribution is 2.20. The number of halogens is 2. The number of nitrogens with zero attached hydrogens (tertiary/aromatic N) is 2. The van der Waals surface area contributed by atoms with E-state index in [9.17, 15) is 4.79 Å². The lowest BCUT2D eigenvalue weighted by atomic mass is 10.2. The maximum absolute atomic E-state index is 12.4. The molecule has 1 aromatic heterocycles. The lowest BCUT2D eigenvalue weighted by Gasteiger charge is -2.10. The molecule has 0 atom stereocenters. The number of benzene rings is 2. The smallest absolute Gasteiger partial charge is 0.274 e. The second-order valence-electron chi connectivity index (χ2n) is 5.62. The summed E-state index contributed by atoms with van der Waals surface area (Å²) in [6.45, 7) is 2.33. The van der Waals surface area contributed by atoms with Crippen LogP contribution in [-0.4, -0.2) is 15.9 Å². The molecule has 5 nitrogen and oxygen atoms in total. The molecule has 0 saturated carbocycles. The molecule has 0 aliphatic rings. The van der Waals surface area contributed by atoms with E-state index in [1.165, 1.54) is 6.20 Å². The maximum Gasteiger partial charge on any atom is 0.274 e. The van der Waals surface area contributed by atoms with Crippen LogP contribution in [0.3, 0.4) is 0 Å². The minimum atomic E-state index is -0.321. The second-order valence-corrected chi connectivity index (χ2v) is 6.47. The molecule has 0 aliphatic heterocycles. The van der Waals surface area contributed by atoms with Crippen LogP contribution in [0.15, 0.2) is 54.7 Å². The minimum Gasteiger partial charge on any atom is -0.350 e. The molecule has 0 aliphatic carbocycles. The first kappa shape index (κ1) is 18.2. The molecule has 0 bridgehead atoms. The van der Waals surface area contributed by atoms with Crippen molar-refractivity contribution in [2.75, 3.05) is 10.6 Å². The van der Waals surface area contributed by atoms with E-state index in [0.29, 0.717) is 28.2 Å². The first-order chi connectivity index (χ1) is 12.5. The monoisotopic (exact) mass is 386 g/mol. The van der Waals surface area contributed by atoms with Crippen molar-refractivity contribution in [3.63, 3.8) is 0 Å². The Morgan fingerprint density at radius 2 is 1.92 bits per heavy atom. The number of carbonyl (C=O) groups is 1. The Morgan fingerprint density at radius 3 is 2.69 bits per heavy atom. The number of rotatable bonds is 5. The molecule has 0 saturated heterocycles. The van der Waals surface area contributed by atoms with Crippen LogP contribution in [0.4, 0.5) is 11.6 Å². The van der Waals surface area contributed by atoms with Gasteiger partial charge in [0.15, 0.2) is 0 Å². The summed E-state index contributed by atoms with van der Waals surface area (Å²) in [7, 11) is 0. The Labute approximate surface area is 161 Å². The molecule has 0 spiro atoms. The largest absolute Gasteiger partial charge is 0.350 e. The summed E-state index contributed by atoms with van der Waals surface area (Å²) in [5.41, 5.74) is 2.74. The Balaban J connectivity index is 1.70. The van der Waals surface area contributed by atoms with Crippen LogP contribution in [-0.2, 0) is 6.54 Å². The number of aryl methyl sites for hydroxylation is 1. The van der Waals surface area contributed by atoms with Gasteiger partial charge in [-0.05, 0) is 48.4 Å². The molecule has 1 amide bonds. The first-order valence-electron chi connectivity index (χ1n) is 7.91. The fourth-order valence-corrected chi connectivity index (χ4v) is 2.77. The molecule has 2 N–H and O–H groups in total. The quantitative estimate of drug-likeness (QED) is 0.650. The molecule has 132 valence electrons. The van der Waals surface area contributed by atoms with Gasteiger partial charge in [0.05, 0.1) is 0 Å². The molecular formula is C19H16Cl2N4O. The summed E-state index contributed by atoms with van der Waals surface area (Å²) in [4.78, 5) is 20.8. The van der Waals surface area contributed by atoms with Gasteiger partial charge in [-0.25, -0.2) is 9.97 Å². The van der Waals surface area contributed by atoms with Crippen LogP contribution < -0.4 is 10.6 Å². The van der Waals surface area contributed by atoms with Crippen LogP contribution in [0.1, 0.15) is 21.6 Å². The number of hydrogen-bond donors (Lipinski definition) is 2. The van der Waals surface area contributed by atoms with Crippen molar-refractivity contribution in [1.29, 1.82) is 0 Å². The molecule has 3 rings (SSSR count). The van der Waals surface area contributed by atoms with Crippen molar-refractivity contribution in [1.82, 2.24) is 9.97 Å². The van der Waals surface area contributed by atoms with Crippen LogP contribution in [0, 0.1) is 6.92 Å². The van der Waals surface area contributed by atoms with Crippen molar-refractivity contribution in [2.24, 2.45) is 0 Å². The summed E-state index contributed by atoms with van der Waals surface area (Å²) in [5.74, 6) is 0.0315. The summed E-state index contributed by atoms with van der Waals surface area (Å²) >= 11 is 12.1. The average molecular weight is 387 g/mol. The number of aromatic nitrogens is 2. The SMILES string of the molecule is Cc1cc(Cl)ccc1NC(=O)c1ccnc(NCc2ccccc2Cl)n1. The zero-order chi connectivity index (χ0) is 18.5. The van der Waals surface area contributed by atoms with E-state index < -0.39 is 0 Å². The summed E-state index contributed by atoms with van der Waals surface area (Å²) in [6.07, 6.45) is 1.53. The van der Waals surface area contributed by atoms with Crippen molar-refractivity contribution in [3.8, 4) is 0 Å². The minimum absolute atomic E-state index is 0.260. The van der Waals surface area contributed by atoms with E-state index in [1.54, 1.807) is 24.3 Å². The van der Waals surface area contributed by atoms with Gasteiger partial charge in [0.2, 0.25) is 5.95 Å². The van der Waals surface area contributed by atoms with E-state index in [4.69, 9.17) is 23.2 Å². The van der Waals surface area contributed by atoms with Gasteiger partial charge in [-0.3, -0.25) is 4.79 Å². The van der Waals surface area contributed by atoms with Crippen LogP contribution in [0.5, 0.6) is 0 Å². The van der Waals surface area contributed by atoms with E-state index in [-0.39, 0.29) is 11.6 Å². The molecule has 26 heavy (non-hydrogen) atoms. The van der Waals surface area contributed by atoms with E-state index in [2.05, 4.69) is 20.6 Å². The summed E-state index contributed by atoms with van der Waals surface area (Å²) in [5, 5.41) is 7.18. The van der Waals surface area contributed by atoms with Crippen LogP contribution in [0.25, 0.3) is 0 Å². The van der Waals surface area contributed by atoms with Crippen molar-refractivity contribution in [3.05, 3.63) is 81.6 Å². The average Bonchev–Trinajstić information content (AvgIpc) is 2.63. The zero-order valence-electron chi connectivity index (χ0n) is 14.0. The predicted octanol–water partition coefficient (Wildman–Crippen LogP) is 4.96. The first-order valence-corrected chi connectivity index (χ1v) is 8.66. The highest BCUT2D eigenvalue weighted by atomic mass is 35.5. The van der Waals surface area contributed by atoms with Gasteiger partial charge in [-0.1, -0.05) is 41.4 Å². The van der Waals surface area contributed by atoms with Crippen molar-refractivity contribution < 1.29 is 4.79 Å². The molecule has 0 radical (unpaired) electrons. The third kappa shape index (κ3) is 4.50. The molecule has 1 heterocycles. The molecule has 2 aromatic carbocycles. The standard InChI is InChI=1S/C19H16Cl2N4O/c1-12-10-14(20)6-7-16(12)24-18(26)17-8-9-22-19(25-17)23-11-13-4-2-3-5-15(13)21/h2-10H,11H2,1H3,(H,24,26)(H,22,23,25). The number of hydrogen-bond acceptors (Lipinski definition) is 4. The second kappa shape index (κ2) is 8.17. The van der Waals surface area contributed by atoms with Crippen LogP contribution in [0.2, 0.25) is 10.0 Å². The van der Waals surface area contributed by atoms with Gasteiger partial charge in [0, 0.05) is 28.5 Å². The van der Waals surface area contributed by atoms with Gasteiger partial charge in [-0.15, -0.1) is 0 Å². The highest BCUT2D eigenvalue weighted by Gasteiger charge is 2.11. The lowest BCUT2D eigenvalue weighted by Crippen LogP contribution is -2.16. The zero-order valence-corrected chi connectivity index (χ0v) is 15.5. The van der Waals surface area contributed by atoms with E-state index in [1.807, 2.05) is 31.2 Å². The fraction of sp³-hybridized carbons (Fsp3) is 0.105. The van der Waals surface area contributed by atoms with Gasteiger partial charge in [0.1, 0.15) is 5.69 Å². The summed E-state index contributed by atoms with van der Waals surface area (Å²) in [6, 6.07) is 14.3. The van der Waals surface area contributed by atoms with Crippen molar-refractivity contribution in [2.45, 2.75) is 13.5 Å². The number of amides is 1. The highest BCUT2D eigenvalue weighted by molar-refractivity contribution is 6.31. The van der Waals surface area contributed by atoms with E-state index in [0.717, 1.165) is 11.1 Å². The number of anilines is 2. The Bertz CT molecular complexity index is 946.